The predicted molar refractivity (Wildman–Crippen MR) is 136 cm³/mol. The first-order chi connectivity index (χ1) is 17.1. The van der Waals surface area contributed by atoms with Gasteiger partial charge in [0.15, 0.2) is 11.5 Å². The Morgan fingerprint density at radius 2 is 1.75 bits per heavy atom. The number of carbonyl (C=O) groups excluding carboxylic acids is 2. The fourth-order valence-corrected chi connectivity index (χ4v) is 5.01. The van der Waals surface area contributed by atoms with E-state index in [2.05, 4.69) is 25.6 Å². The van der Waals surface area contributed by atoms with E-state index in [0.717, 1.165) is 5.56 Å². The van der Waals surface area contributed by atoms with E-state index in [0.29, 0.717) is 35.8 Å². The molecule has 36 heavy (non-hydrogen) atoms. The van der Waals surface area contributed by atoms with Crippen molar-refractivity contribution in [3.63, 3.8) is 0 Å². The standard InChI is InChI=1S/C23H27N5O6S2/c1-14(2)20(29)25-22-26-27-23(35-22)36(31,32)28-17-8-6-5-7-16(17)21(30)24-12-11-15-9-10-18(33-3)19(13-15)34-4/h5-10,13-14,28H,11-12H2,1-4H3,(H,24,30)(H,25,26,29). The number of hydrogen-bond acceptors (Lipinski definition) is 9. The number of sulfonamides is 1. The van der Waals surface area contributed by atoms with Crippen LogP contribution in [0.1, 0.15) is 29.8 Å². The Labute approximate surface area is 213 Å². The molecular formula is C23H27N5O6S2. The van der Waals surface area contributed by atoms with Crippen LogP contribution in [0.15, 0.2) is 46.8 Å². The first-order valence-corrected chi connectivity index (χ1v) is 13.2. The summed E-state index contributed by atoms with van der Waals surface area (Å²) in [4.78, 5) is 24.7. The molecule has 13 heteroatoms. The molecule has 192 valence electrons. The van der Waals surface area contributed by atoms with E-state index >= 15 is 0 Å². The second-order valence-electron chi connectivity index (χ2n) is 7.86. The fraction of sp³-hybridized carbons (Fsp3) is 0.304. The second-order valence-corrected chi connectivity index (χ2v) is 10.7. The van der Waals surface area contributed by atoms with Gasteiger partial charge in [0.05, 0.1) is 25.5 Å². The summed E-state index contributed by atoms with van der Waals surface area (Å²) < 4.78 is 38.3. The summed E-state index contributed by atoms with van der Waals surface area (Å²) >= 11 is 0.712. The lowest BCUT2D eigenvalue weighted by molar-refractivity contribution is -0.118. The van der Waals surface area contributed by atoms with Crippen molar-refractivity contribution in [3.8, 4) is 11.5 Å². The molecule has 0 saturated heterocycles. The van der Waals surface area contributed by atoms with Gasteiger partial charge in [0.2, 0.25) is 11.0 Å². The van der Waals surface area contributed by atoms with E-state index in [-0.39, 0.29) is 32.5 Å². The van der Waals surface area contributed by atoms with E-state index in [1.54, 1.807) is 46.3 Å². The van der Waals surface area contributed by atoms with E-state index in [4.69, 9.17) is 9.47 Å². The van der Waals surface area contributed by atoms with Crippen LogP contribution in [-0.2, 0) is 21.2 Å². The molecule has 2 amide bonds. The highest BCUT2D eigenvalue weighted by Crippen LogP contribution is 2.28. The van der Waals surface area contributed by atoms with Gasteiger partial charge in [-0.05, 0) is 36.2 Å². The van der Waals surface area contributed by atoms with Crippen molar-refractivity contribution in [3.05, 3.63) is 53.6 Å². The zero-order valence-corrected chi connectivity index (χ0v) is 21.8. The van der Waals surface area contributed by atoms with E-state index < -0.39 is 15.9 Å². The van der Waals surface area contributed by atoms with Gasteiger partial charge in [-0.2, -0.15) is 8.42 Å². The molecule has 0 radical (unpaired) electrons. The van der Waals surface area contributed by atoms with Gasteiger partial charge in [0.25, 0.3) is 20.3 Å². The molecule has 0 aliphatic carbocycles. The zero-order valence-electron chi connectivity index (χ0n) is 20.2. The van der Waals surface area contributed by atoms with Crippen LogP contribution in [0.3, 0.4) is 0 Å². The van der Waals surface area contributed by atoms with Crippen molar-refractivity contribution in [2.45, 2.75) is 24.6 Å². The maximum atomic E-state index is 12.9. The van der Waals surface area contributed by atoms with Crippen LogP contribution in [-0.4, -0.2) is 51.2 Å². The molecule has 0 unspecified atom stereocenters. The minimum Gasteiger partial charge on any atom is -0.493 e. The van der Waals surface area contributed by atoms with Crippen molar-refractivity contribution < 1.29 is 27.5 Å². The minimum absolute atomic E-state index is 0.0651. The molecule has 0 spiro atoms. The quantitative estimate of drug-likeness (QED) is 0.319. The highest BCUT2D eigenvalue weighted by Gasteiger charge is 2.24. The molecule has 0 aliphatic heterocycles. The van der Waals surface area contributed by atoms with E-state index in [9.17, 15) is 18.0 Å². The Balaban J connectivity index is 1.67. The lowest BCUT2D eigenvalue weighted by Crippen LogP contribution is -2.27. The Kier molecular flexibility index (Phi) is 8.83. The Hall–Kier alpha value is -3.71. The second kappa shape index (κ2) is 11.8. The maximum Gasteiger partial charge on any atom is 0.291 e. The number of anilines is 2. The molecule has 0 fully saturated rings. The summed E-state index contributed by atoms with van der Waals surface area (Å²) in [6.07, 6.45) is 0.523. The third-order valence-corrected chi connectivity index (χ3v) is 7.53. The van der Waals surface area contributed by atoms with Crippen LogP contribution in [0.4, 0.5) is 10.8 Å². The summed E-state index contributed by atoms with van der Waals surface area (Å²) in [7, 11) is -1.04. The van der Waals surface area contributed by atoms with Crippen molar-refractivity contribution >= 4 is 44.0 Å². The van der Waals surface area contributed by atoms with Crippen LogP contribution in [0.25, 0.3) is 0 Å². The Morgan fingerprint density at radius 1 is 1.03 bits per heavy atom. The first kappa shape index (κ1) is 26.9. The van der Waals surface area contributed by atoms with Crippen molar-refractivity contribution in [2.75, 3.05) is 30.8 Å². The van der Waals surface area contributed by atoms with Gasteiger partial charge in [0.1, 0.15) is 0 Å². The number of ether oxygens (including phenoxy) is 2. The highest BCUT2D eigenvalue weighted by atomic mass is 32.2. The van der Waals surface area contributed by atoms with Gasteiger partial charge in [-0.25, -0.2) is 0 Å². The zero-order chi connectivity index (χ0) is 26.3. The predicted octanol–water partition coefficient (Wildman–Crippen LogP) is 2.92. The normalized spacial score (nSPS) is 11.1. The van der Waals surface area contributed by atoms with Crippen LogP contribution >= 0.6 is 11.3 Å². The average Bonchev–Trinajstić information content (AvgIpc) is 3.33. The minimum atomic E-state index is -4.14. The number of carbonyl (C=O) groups is 2. The molecule has 3 N–H and O–H groups in total. The topological polar surface area (TPSA) is 149 Å². The van der Waals surface area contributed by atoms with Crippen molar-refractivity contribution in [1.82, 2.24) is 15.5 Å². The summed E-state index contributed by atoms with van der Waals surface area (Å²) in [5, 5.41) is 12.8. The molecule has 0 atom stereocenters. The van der Waals surface area contributed by atoms with E-state index in [1.165, 1.54) is 12.1 Å². The van der Waals surface area contributed by atoms with Gasteiger partial charge >= 0.3 is 0 Å². The summed E-state index contributed by atoms with van der Waals surface area (Å²) in [6.45, 7) is 3.71. The molecule has 0 bridgehead atoms. The number of para-hydroxylation sites is 1. The Morgan fingerprint density at radius 3 is 2.44 bits per heavy atom. The largest absolute Gasteiger partial charge is 0.493 e. The average molecular weight is 534 g/mol. The summed E-state index contributed by atoms with van der Waals surface area (Å²) in [5.41, 5.74) is 1.16. The van der Waals surface area contributed by atoms with Crippen molar-refractivity contribution in [2.24, 2.45) is 5.92 Å². The SMILES string of the molecule is COc1ccc(CCNC(=O)c2ccccc2NS(=O)(=O)c2nnc(NC(=O)C(C)C)s2)cc1OC. The van der Waals surface area contributed by atoms with Crippen molar-refractivity contribution in [1.29, 1.82) is 0 Å². The van der Waals surface area contributed by atoms with Crippen LogP contribution in [0.5, 0.6) is 11.5 Å². The van der Waals surface area contributed by atoms with Crippen LogP contribution in [0.2, 0.25) is 0 Å². The fourth-order valence-electron chi connectivity index (χ4n) is 3.03. The monoisotopic (exact) mass is 533 g/mol. The van der Waals surface area contributed by atoms with Gasteiger partial charge < -0.3 is 20.1 Å². The first-order valence-electron chi connectivity index (χ1n) is 10.9. The Bertz CT molecular complexity index is 1340. The molecule has 2 aromatic carbocycles. The smallest absolute Gasteiger partial charge is 0.291 e. The lowest BCUT2D eigenvalue weighted by atomic mass is 10.1. The van der Waals surface area contributed by atoms with Gasteiger partial charge in [-0.15, -0.1) is 10.2 Å². The van der Waals surface area contributed by atoms with Crippen LogP contribution in [0, 0.1) is 5.92 Å². The number of nitrogens with zero attached hydrogens (tertiary/aromatic N) is 2. The van der Waals surface area contributed by atoms with Gasteiger partial charge in [0, 0.05) is 12.5 Å². The third-order valence-electron chi connectivity index (χ3n) is 4.95. The lowest BCUT2D eigenvalue weighted by Gasteiger charge is -2.12. The van der Waals surface area contributed by atoms with Crippen LogP contribution < -0.4 is 24.8 Å². The molecule has 0 saturated carbocycles. The van der Waals surface area contributed by atoms with E-state index in [1.807, 2.05) is 12.1 Å². The molecular weight excluding hydrogens is 506 g/mol. The molecule has 1 heterocycles. The number of benzene rings is 2. The summed E-state index contributed by atoms with van der Waals surface area (Å²) in [6, 6.07) is 11.7. The number of methoxy groups -OCH3 is 2. The molecule has 3 rings (SSSR count). The molecule has 11 nitrogen and oxygen atoms in total. The van der Waals surface area contributed by atoms with Gasteiger partial charge in [-0.1, -0.05) is 43.4 Å². The molecule has 0 aliphatic rings. The number of aromatic nitrogens is 2. The third kappa shape index (κ3) is 6.70. The number of rotatable bonds is 11. The number of amides is 2. The maximum absolute atomic E-state index is 12.9. The molecule has 1 aromatic heterocycles. The van der Waals surface area contributed by atoms with Gasteiger partial charge in [-0.3, -0.25) is 14.3 Å². The summed E-state index contributed by atoms with van der Waals surface area (Å²) in [5.74, 6) is 0.138. The molecule has 3 aromatic rings. The number of hydrogen-bond donors (Lipinski definition) is 3. The number of nitrogens with one attached hydrogen (secondary N) is 3. The highest BCUT2D eigenvalue weighted by molar-refractivity contribution is 7.94.